The van der Waals surface area contributed by atoms with Gasteiger partial charge in [0.05, 0.1) is 17.8 Å². The molecule has 0 radical (unpaired) electrons. The molecular formula is C14H17BrClN3O2. The quantitative estimate of drug-likeness (QED) is 0.753. The minimum atomic E-state index is -0.247. The summed E-state index contributed by atoms with van der Waals surface area (Å²) in [5.41, 5.74) is 2.58. The zero-order chi connectivity index (χ0) is 15.6. The highest BCUT2D eigenvalue weighted by atomic mass is 79.9. The molecule has 0 saturated heterocycles. The molecule has 114 valence electrons. The molecule has 0 aliphatic carbocycles. The van der Waals surface area contributed by atoms with Crippen LogP contribution in [0.1, 0.15) is 13.8 Å². The van der Waals surface area contributed by atoms with Gasteiger partial charge in [-0.3, -0.25) is 4.79 Å². The van der Waals surface area contributed by atoms with Gasteiger partial charge in [-0.15, -0.1) is 0 Å². The summed E-state index contributed by atoms with van der Waals surface area (Å²) in [5, 5.41) is 0.408. The first-order valence-corrected chi connectivity index (χ1v) is 7.87. The number of imidazole rings is 1. The predicted octanol–water partition coefficient (Wildman–Crippen LogP) is 3.38. The lowest BCUT2D eigenvalue weighted by molar-refractivity contribution is -0.141. The minimum Gasteiger partial charge on any atom is -0.465 e. The number of fused-ring (bicyclic) bond motifs is 1. The molecule has 0 spiro atoms. The number of hydrogen-bond donors (Lipinski definition) is 0. The maximum absolute atomic E-state index is 11.8. The van der Waals surface area contributed by atoms with Gasteiger partial charge in [0.2, 0.25) is 5.28 Å². The molecule has 21 heavy (non-hydrogen) atoms. The smallest absolute Gasteiger partial charge is 0.325 e. The predicted molar refractivity (Wildman–Crippen MR) is 87.9 cm³/mol. The Kier molecular flexibility index (Phi) is 5.11. The van der Waals surface area contributed by atoms with E-state index in [4.69, 9.17) is 16.3 Å². The van der Waals surface area contributed by atoms with Crippen molar-refractivity contribution in [3.8, 4) is 0 Å². The van der Waals surface area contributed by atoms with Gasteiger partial charge in [-0.05, 0) is 53.5 Å². The van der Waals surface area contributed by atoms with Gasteiger partial charge in [0.25, 0.3) is 0 Å². The van der Waals surface area contributed by atoms with E-state index in [0.717, 1.165) is 21.2 Å². The standard InChI is InChI=1S/C14H17BrClN3O2/c1-4-19(8-11(20)21-5-2)10-7-6-9(15)12-13(10)18(3)14(16)17-12/h6-7H,4-5,8H2,1-3H3. The zero-order valence-electron chi connectivity index (χ0n) is 12.2. The molecule has 0 aliphatic rings. The molecule has 1 aromatic heterocycles. The van der Waals surface area contributed by atoms with Crippen LogP contribution in [0.5, 0.6) is 0 Å². The molecule has 1 aromatic carbocycles. The lowest BCUT2D eigenvalue weighted by Gasteiger charge is -2.23. The van der Waals surface area contributed by atoms with Crippen molar-refractivity contribution in [2.75, 3.05) is 24.6 Å². The first-order valence-electron chi connectivity index (χ1n) is 6.70. The number of ether oxygens (including phenoxy) is 1. The fourth-order valence-corrected chi connectivity index (χ4v) is 2.80. The number of anilines is 1. The minimum absolute atomic E-state index is 0.198. The third-order valence-electron chi connectivity index (χ3n) is 3.24. The summed E-state index contributed by atoms with van der Waals surface area (Å²) in [4.78, 5) is 18.1. The first kappa shape index (κ1) is 16.1. The van der Waals surface area contributed by atoms with E-state index in [1.54, 1.807) is 6.92 Å². The maximum atomic E-state index is 11.8. The average molecular weight is 375 g/mol. The van der Waals surface area contributed by atoms with E-state index in [1.807, 2.05) is 35.6 Å². The number of esters is 1. The number of halogens is 2. The summed E-state index contributed by atoms with van der Waals surface area (Å²) in [5.74, 6) is -0.247. The van der Waals surface area contributed by atoms with Crippen LogP contribution in [-0.2, 0) is 16.6 Å². The van der Waals surface area contributed by atoms with Crippen LogP contribution in [0.4, 0.5) is 5.69 Å². The van der Waals surface area contributed by atoms with E-state index in [0.29, 0.717) is 18.4 Å². The second-order valence-corrected chi connectivity index (χ2v) is 5.72. The van der Waals surface area contributed by atoms with Crippen molar-refractivity contribution in [2.45, 2.75) is 13.8 Å². The van der Waals surface area contributed by atoms with E-state index in [-0.39, 0.29) is 12.5 Å². The van der Waals surface area contributed by atoms with E-state index in [2.05, 4.69) is 20.9 Å². The molecule has 0 atom stereocenters. The third-order valence-corrected chi connectivity index (χ3v) is 4.22. The van der Waals surface area contributed by atoms with Crippen LogP contribution in [-0.4, -0.2) is 35.2 Å². The number of hydrogen-bond acceptors (Lipinski definition) is 4. The molecule has 0 amide bonds. The van der Waals surface area contributed by atoms with Crippen LogP contribution < -0.4 is 4.90 Å². The molecule has 7 heteroatoms. The Morgan fingerprint density at radius 3 is 2.81 bits per heavy atom. The Hall–Kier alpha value is -1.27. The van der Waals surface area contributed by atoms with Gasteiger partial charge in [-0.2, -0.15) is 0 Å². The van der Waals surface area contributed by atoms with Crippen molar-refractivity contribution in [3.63, 3.8) is 0 Å². The van der Waals surface area contributed by atoms with Gasteiger partial charge in [0.1, 0.15) is 12.1 Å². The second kappa shape index (κ2) is 6.66. The lowest BCUT2D eigenvalue weighted by Crippen LogP contribution is -2.31. The van der Waals surface area contributed by atoms with E-state index < -0.39 is 0 Å². The average Bonchev–Trinajstić information content (AvgIpc) is 2.75. The van der Waals surface area contributed by atoms with Crippen molar-refractivity contribution in [2.24, 2.45) is 7.05 Å². The fraction of sp³-hybridized carbons (Fsp3) is 0.429. The highest BCUT2D eigenvalue weighted by Gasteiger charge is 2.18. The number of aryl methyl sites for hydroxylation is 1. The highest BCUT2D eigenvalue weighted by molar-refractivity contribution is 9.10. The molecule has 1 heterocycles. The number of carbonyl (C=O) groups is 1. The monoisotopic (exact) mass is 373 g/mol. The Labute approximate surface area is 137 Å². The molecule has 5 nitrogen and oxygen atoms in total. The molecule has 2 aromatic rings. The third kappa shape index (κ3) is 3.16. The number of nitrogens with zero attached hydrogens (tertiary/aromatic N) is 3. The van der Waals surface area contributed by atoms with Gasteiger partial charge >= 0.3 is 5.97 Å². The molecule has 2 rings (SSSR count). The zero-order valence-corrected chi connectivity index (χ0v) is 14.5. The van der Waals surface area contributed by atoms with Crippen LogP contribution in [0.15, 0.2) is 16.6 Å². The summed E-state index contributed by atoms with van der Waals surface area (Å²) in [6, 6.07) is 3.86. The first-order chi connectivity index (χ1) is 9.99. The molecule has 0 fully saturated rings. The molecular weight excluding hydrogens is 358 g/mol. The van der Waals surface area contributed by atoms with E-state index in [1.165, 1.54) is 0 Å². The number of carbonyl (C=O) groups excluding carboxylic acids is 1. The van der Waals surface area contributed by atoms with Gasteiger partial charge in [-0.25, -0.2) is 4.98 Å². The van der Waals surface area contributed by atoms with Crippen LogP contribution >= 0.6 is 27.5 Å². The SMILES string of the molecule is CCOC(=O)CN(CC)c1ccc(Br)c2nc(Cl)n(C)c12. The largest absolute Gasteiger partial charge is 0.465 e. The summed E-state index contributed by atoms with van der Waals surface area (Å²) in [6.07, 6.45) is 0. The van der Waals surface area contributed by atoms with Crippen LogP contribution in [0.25, 0.3) is 11.0 Å². The molecule has 0 aliphatic heterocycles. The summed E-state index contributed by atoms with van der Waals surface area (Å²) >= 11 is 9.60. The van der Waals surface area contributed by atoms with Crippen molar-refractivity contribution in [1.82, 2.24) is 9.55 Å². The highest BCUT2D eigenvalue weighted by Crippen LogP contribution is 2.33. The van der Waals surface area contributed by atoms with E-state index in [9.17, 15) is 4.79 Å². The Balaban J connectivity index is 2.49. The normalized spacial score (nSPS) is 10.9. The van der Waals surface area contributed by atoms with Crippen LogP contribution in [0.2, 0.25) is 5.28 Å². The Morgan fingerprint density at radius 2 is 2.19 bits per heavy atom. The van der Waals surface area contributed by atoms with Gasteiger partial charge < -0.3 is 14.2 Å². The summed E-state index contributed by atoms with van der Waals surface area (Å²) in [6.45, 7) is 5.05. The molecule has 0 unspecified atom stereocenters. The van der Waals surface area contributed by atoms with Crippen molar-refractivity contribution in [1.29, 1.82) is 0 Å². The topological polar surface area (TPSA) is 47.4 Å². The van der Waals surface area contributed by atoms with Crippen molar-refractivity contribution < 1.29 is 9.53 Å². The summed E-state index contributed by atoms with van der Waals surface area (Å²) in [7, 11) is 1.85. The number of aromatic nitrogens is 2. The fourth-order valence-electron chi connectivity index (χ4n) is 2.23. The Bertz CT molecular complexity index is 672. The summed E-state index contributed by atoms with van der Waals surface area (Å²) < 4.78 is 7.71. The number of benzene rings is 1. The van der Waals surface area contributed by atoms with Crippen molar-refractivity contribution in [3.05, 3.63) is 21.9 Å². The van der Waals surface area contributed by atoms with Gasteiger partial charge in [0.15, 0.2) is 0 Å². The van der Waals surface area contributed by atoms with Crippen LogP contribution in [0, 0.1) is 0 Å². The molecule has 0 N–H and O–H groups in total. The molecule has 0 bridgehead atoms. The van der Waals surface area contributed by atoms with E-state index >= 15 is 0 Å². The lowest BCUT2D eigenvalue weighted by atomic mass is 10.2. The van der Waals surface area contributed by atoms with Gasteiger partial charge in [-0.1, -0.05) is 0 Å². The van der Waals surface area contributed by atoms with Crippen LogP contribution in [0.3, 0.4) is 0 Å². The maximum Gasteiger partial charge on any atom is 0.325 e. The van der Waals surface area contributed by atoms with Crippen molar-refractivity contribution >= 4 is 50.2 Å². The second-order valence-electron chi connectivity index (χ2n) is 4.52. The molecule has 0 saturated carbocycles. The van der Waals surface area contributed by atoms with Gasteiger partial charge in [0, 0.05) is 18.1 Å². The Morgan fingerprint density at radius 1 is 1.48 bits per heavy atom. The number of rotatable bonds is 5. The number of likely N-dealkylation sites (N-methyl/N-ethyl adjacent to an activating group) is 1.